The van der Waals surface area contributed by atoms with Gasteiger partial charge in [0.2, 0.25) is 0 Å². The van der Waals surface area contributed by atoms with Gasteiger partial charge in [-0.3, -0.25) is 4.55 Å². The summed E-state index contributed by atoms with van der Waals surface area (Å²) < 4.78 is 115. The maximum atomic E-state index is 13.4. The molecule has 160 valence electrons. The zero-order chi connectivity index (χ0) is 23.7. The lowest BCUT2D eigenvalue weighted by molar-refractivity contribution is -0.356. The van der Waals surface area contributed by atoms with E-state index in [1.807, 2.05) is 0 Å². The third kappa shape index (κ3) is 5.16. The fraction of sp³-hybridized carbons (Fsp3) is 0.533. The van der Waals surface area contributed by atoms with Gasteiger partial charge in [0.15, 0.2) is 0 Å². The maximum absolute atomic E-state index is 13.4. The SMILES string of the molecule is [B]Cc1cc(C(=O)OC(CS(=O)(=O)O)(C(F)(F)F)C(F)(F)F)c(C[B])c(C[B])c1C. The lowest BCUT2D eigenvalue weighted by Gasteiger charge is -2.35. The van der Waals surface area contributed by atoms with Crippen LogP contribution in [0, 0.1) is 6.92 Å². The fourth-order valence-electron chi connectivity index (χ4n) is 2.80. The fourth-order valence-corrected chi connectivity index (χ4v) is 3.70. The van der Waals surface area contributed by atoms with Crippen molar-refractivity contribution in [3.63, 3.8) is 0 Å². The van der Waals surface area contributed by atoms with Gasteiger partial charge in [-0.2, -0.15) is 34.8 Å². The summed E-state index contributed by atoms with van der Waals surface area (Å²) in [6.45, 7) is 1.51. The molecule has 1 N–H and O–H groups in total. The summed E-state index contributed by atoms with van der Waals surface area (Å²) in [5.74, 6) is -5.16. The molecule has 6 radical (unpaired) electrons. The highest BCUT2D eigenvalue weighted by molar-refractivity contribution is 7.85. The standard InChI is InChI=1S/C15H13B3F6O5S/c1-7-8(3-16)2-9(11(5-18)10(7)4-17)12(25)29-13(14(19,20)21,15(22,23)24)6-30(26,27)28/h2H,3-6H2,1H3,(H,26,27,28). The quantitative estimate of drug-likeness (QED) is 0.296. The highest BCUT2D eigenvalue weighted by Crippen LogP contribution is 2.47. The number of alkyl halides is 6. The average molecular weight is 452 g/mol. The largest absolute Gasteiger partial charge is 0.438 e. The van der Waals surface area contributed by atoms with E-state index in [1.54, 1.807) is 0 Å². The normalized spacial score (nSPS) is 13.3. The molecule has 0 amide bonds. The third-order valence-electron chi connectivity index (χ3n) is 4.36. The Labute approximate surface area is 172 Å². The molecule has 30 heavy (non-hydrogen) atoms. The monoisotopic (exact) mass is 452 g/mol. The molecule has 1 aromatic carbocycles. The van der Waals surface area contributed by atoms with Crippen LogP contribution < -0.4 is 0 Å². The van der Waals surface area contributed by atoms with E-state index >= 15 is 0 Å². The van der Waals surface area contributed by atoms with E-state index in [2.05, 4.69) is 4.74 Å². The van der Waals surface area contributed by atoms with Gasteiger partial charge in [0.1, 0.15) is 5.75 Å². The van der Waals surface area contributed by atoms with Gasteiger partial charge >= 0.3 is 23.9 Å². The van der Waals surface area contributed by atoms with Gasteiger partial charge in [-0.1, -0.05) is 30.1 Å². The summed E-state index contributed by atoms with van der Waals surface area (Å²) in [5.41, 5.74) is -5.77. The predicted octanol–water partition coefficient (Wildman–Crippen LogP) is 1.91. The van der Waals surface area contributed by atoms with Crippen molar-refractivity contribution in [3.8, 4) is 0 Å². The topological polar surface area (TPSA) is 80.7 Å². The van der Waals surface area contributed by atoms with E-state index in [9.17, 15) is 39.6 Å². The summed E-state index contributed by atoms with van der Waals surface area (Å²) >= 11 is 0. The van der Waals surface area contributed by atoms with Crippen LogP contribution in [0.1, 0.15) is 32.6 Å². The van der Waals surface area contributed by atoms with Gasteiger partial charge in [0.25, 0.3) is 10.1 Å². The molecule has 0 aromatic heterocycles. The number of carbonyl (C=O) groups is 1. The molecule has 0 atom stereocenters. The second-order valence-corrected chi connectivity index (χ2v) is 7.67. The van der Waals surface area contributed by atoms with Crippen LogP contribution in [0.3, 0.4) is 0 Å². The Bertz CT molecular complexity index is 901. The van der Waals surface area contributed by atoms with Crippen molar-refractivity contribution in [2.75, 3.05) is 5.75 Å². The molecule has 0 aliphatic carbocycles. The van der Waals surface area contributed by atoms with E-state index in [0.29, 0.717) is 5.56 Å². The van der Waals surface area contributed by atoms with Crippen LogP contribution in [-0.4, -0.2) is 66.2 Å². The lowest BCUT2D eigenvalue weighted by Crippen LogP contribution is -2.63. The van der Waals surface area contributed by atoms with Gasteiger partial charge in [-0.25, -0.2) is 4.79 Å². The predicted molar refractivity (Wildman–Crippen MR) is 96.2 cm³/mol. The van der Waals surface area contributed by atoms with Crippen molar-refractivity contribution in [2.24, 2.45) is 0 Å². The van der Waals surface area contributed by atoms with Crippen molar-refractivity contribution in [1.29, 1.82) is 0 Å². The van der Waals surface area contributed by atoms with Crippen LogP contribution in [0.15, 0.2) is 6.07 Å². The minimum atomic E-state index is -6.45. The molecule has 1 aromatic rings. The molecule has 0 spiro atoms. The summed E-state index contributed by atoms with van der Waals surface area (Å²) in [6.07, 6.45) is -13.9. The van der Waals surface area contributed by atoms with Crippen molar-refractivity contribution < 1.29 is 48.8 Å². The summed E-state index contributed by atoms with van der Waals surface area (Å²) in [6, 6.07) is 0.893. The molecule has 0 bridgehead atoms. The molecule has 0 unspecified atom stereocenters. The van der Waals surface area contributed by atoms with Gasteiger partial charge in [-0.15, -0.1) is 0 Å². The van der Waals surface area contributed by atoms with Crippen LogP contribution in [-0.2, 0) is 33.8 Å². The van der Waals surface area contributed by atoms with Crippen LogP contribution in [0.2, 0.25) is 0 Å². The van der Waals surface area contributed by atoms with Crippen LogP contribution >= 0.6 is 0 Å². The molecule has 15 heteroatoms. The first-order valence-electron chi connectivity index (χ1n) is 8.02. The van der Waals surface area contributed by atoms with Crippen LogP contribution in [0.25, 0.3) is 0 Å². The molecule has 0 fully saturated rings. The van der Waals surface area contributed by atoms with Crippen molar-refractivity contribution in [1.82, 2.24) is 0 Å². The zero-order valence-electron chi connectivity index (χ0n) is 15.4. The molecule has 0 aliphatic rings. The molecule has 0 saturated carbocycles. The van der Waals surface area contributed by atoms with Crippen molar-refractivity contribution >= 4 is 39.6 Å². The van der Waals surface area contributed by atoms with E-state index in [-0.39, 0.29) is 29.3 Å². The first kappa shape index (κ1) is 26.4. The Hall–Kier alpha value is -1.63. The summed E-state index contributed by atoms with van der Waals surface area (Å²) in [7, 11) is 10.6. The highest BCUT2D eigenvalue weighted by atomic mass is 32.2. The zero-order valence-corrected chi connectivity index (χ0v) is 16.2. The number of rotatable bonds is 7. The molecule has 0 saturated heterocycles. The first-order valence-corrected chi connectivity index (χ1v) is 9.63. The van der Waals surface area contributed by atoms with E-state index < -0.39 is 51.7 Å². The van der Waals surface area contributed by atoms with Crippen LogP contribution in [0.4, 0.5) is 26.3 Å². The molecular formula is C15H13B3F6O5S. The Balaban J connectivity index is 3.77. The van der Waals surface area contributed by atoms with Gasteiger partial charge in [-0.05, 0) is 24.1 Å². The minimum Gasteiger partial charge on any atom is -0.435 e. The van der Waals surface area contributed by atoms with Gasteiger partial charge in [0.05, 0.1) is 29.1 Å². The lowest BCUT2D eigenvalue weighted by atomic mass is 9.78. The van der Waals surface area contributed by atoms with E-state index in [4.69, 9.17) is 28.1 Å². The first-order chi connectivity index (χ1) is 13.5. The van der Waals surface area contributed by atoms with Gasteiger partial charge in [0, 0.05) is 0 Å². The Kier molecular flexibility index (Phi) is 7.79. The Morgan fingerprint density at radius 2 is 1.47 bits per heavy atom. The molecular weight excluding hydrogens is 439 g/mol. The Morgan fingerprint density at radius 1 is 1.00 bits per heavy atom. The number of halogens is 6. The minimum absolute atomic E-state index is 0.159. The highest BCUT2D eigenvalue weighted by Gasteiger charge is 2.76. The van der Waals surface area contributed by atoms with Gasteiger partial charge < -0.3 is 4.74 Å². The Morgan fingerprint density at radius 3 is 1.80 bits per heavy atom. The van der Waals surface area contributed by atoms with E-state index in [1.165, 1.54) is 6.92 Å². The number of benzene rings is 1. The molecule has 1 rings (SSSR count). The second kappa shape index (κ2) is 8.85. The van der Waals surface area contributed by atoms with Crippen molar-refractivity contribution in [2.45, 2.75) is 43.8 Å². The maximum Gasteiger partial charge on any atom is 0.438 e. The van der Waals surface area contributed by atoms with Crippen LogP contribution in [0.5, 0.6) is 0 Å². The smallest absolute Gasteiger partial charge is 0.435 e. The summed E-state index contributed by atoms with van der Waals surface area (Å²) in [5, 5.41) is 0. The van der Waals surface area contributed by atoms with E-state index in [0.717, 1.165) is 6.07 Å². The summed E-state index contributed by atoms with van der Waals surface area (Å²) in [4.78, 5) is 12.4. The number of carbonyl (C=O) groups excluding carboxylic acids is 1. The third-order valence-corrected chi connectivity index (χ3v) is 5.13. The molecule has 0 heterocycles. The number of esters is 1. The molecule has 0 aliphatic heterocycles. The second-order valence-electron chi connectivity index (χ2n) is 6.22. The average Bonchev–Trinajstić information content (AvgIpc) is 2.57. The number of ether oxygens (including phenoxy) is 1. The number of hydrogen-bond donors (Lipinski definition) is 1. The van der Waals surface area contributed by atoms with Crippen molar-refractivity contribution in [3.05, 3.63) is 33.9 Å². The number of hydrogen-bond acceptors (Lipinski definition) is 4. The molecule has 5 nitrogen and oxygen atoms in total.